The molecule has 0 heterocycles. The Kier molecular flexibility index (Phi) is 5.73. The van der Waals surface area contributed by atoms with Gasteiger partial charge >= 0.3 is 0 Å². The highest BCUT2D eigenvalue weighted by atomic mass is 79.9. The fraction of sp³-hybridized carbons (Fsp3) is 0.143. The van der Waals surface area contributed by atoms with Crippen LogP contribution < -0.4 is 9.86 Å². The van der Waals surface area contributed by atoms with Gasteiger partial charge in [0, 0.05) is 10.5 Å². The number of primary sulfonamides is 1. The third kappa shape index (κ3) is 4.56. The minimum Gasteiger partial charge on any atom is -0.225 e. The van der Waals surface area contributed by atoms with E-state index in [1.165, 1.54) is 30.3 Å². The van der Waals surface area contributed by atoms with Crippen LogP contribution in [0.5, 0.6) is 0 Å². The Balaban J connectivity index is 2.33. The Morgan fingerprint density at radius 2 is 1.79 bits per heavy atom. The largest absolute Gasteiger partial charge is 0.242 e. The number of sulfonamides is 2. The van der Waals surface area contributed by atoms with Gasteiger partial charge in [0.2, 0.25) is 20.0 Å². The summed E-state index contributed by atoms with van der Waals surface area (Å²) in [5.74, 6) is 0. The molecule has 2 aromatic rings. The molecule has 0 saturated heterocycles. The van der Waals surface area contributed by atoms with Gasteiger partial charge in [-0.1, -0.05) is 39.7 Å². The smallest absolute Gasteiger partial charge is 0.225 e. The number of nitrogens with one attached hydrogen (secondary N) is 1. The molecular formula is C14H14BrClN2O4S2. The van der Waals surface area contributed by atoms with Crippen LogP contribution in [0, 0.1) is 0 Å². The van der Waals surface area contributed by atoms with Crippen LogP contribution in [0.25, 0.3) is 0 Å². The lowest BCUT2D eigenvalue weighted by Crippen LogP contribution is -2.27. The zero-order chi connectivity index (χ0) is 18.1. The topological polar surface area (TPSA) is 106 Å². The van der Waals surface area contributed by atoms with E-state index >= 15 is 0 Å². The van der Waals surface area contributed by atoms with Crippen molar-refractivity contribution in [2.24, 2.45) is 5.14 Å². The van der Waals surface area contributed by atoms with Gasteiger partial charge in [0.15, 0.2) is 0 Å². The van der Waals surface area contributed by atoms with E-state index in [4.69, 9.17) is 16.7 Å². The highest BCUT2D eigenvalue weighted by Gasteiger charge is 2.22. The van der Waals surface area contributed by atoms with Crippen LogP contribution >= 0.6 is 27.5 Å². The Hall–Kier alpha value is -0.970. The molecule has 0 bridgehead atoms. The van der Waals surface area contributed by atoms with Gasteiger partial charge in [-0.3, -0.25) is 0 Å². The minimum atomic E-state index is -3.89. The molecule has 0 amide bonds. The predicted molar refractivity (Wildman–Crippen MR) is 95.7 cm³/mol. The molecule has 0 aromatic heterocycles. The summed E-state index contributed by atoms with van der Waals surface area (Å²) >= 11 is 9.19. The first-order valence-corrected chi connectivity index (χ1v) is 10.8. The molecule has 6 nitrogen and oxygen atoms in total. The van der Waals surface area contributed by atoms with E-state index in [9.17, 15) is 16.8 Å². The van der Waals surface area contributed by atoms with Crippen molar-refractivity contribution in [1.29, 1.82) is 0 Å². The van der Waals surface area contributed by atoms with Crippen molar-refractivity contribution in [1.82, 2.24) is 4.72 Å². The van der Waals surface area contributed by atoms with E-state index in [1.54, 1.807) is 19.1 Å². The van der Waals surface area contributed by atoms with E-state index in [0.29, 0.717) is 10.0 Å². The maximum atomic E-state index is 12.5. The summed E-state index contributed by atoms with van der Waals surface area (Å²) in [7, 11) is -7.76. The Bertz CT molecular complexity index is 978. The molecule has 1 atom stereocenters. The average Bonchev–Trinajstić information content (AvgIpc) is 2.45. The molecule has 24 heavy (non-hydrogen) atoms. The van der Waals surface area contributed by atoms with Gasteiger partial charge in [0.05, 0.1) is 9.92 Å². The van der Waals surface area contributed by atoms with Gasteiger partial charge in [-0.25, -0.2) is 26.7 Å². The van der Waals surface area contributed by atoms with E-state index in [2.05, 4.69) is 20.7 Å². The molecule has 0 spiro atoms. The van der Waals surface area contributed by atoms with Crippen LogP contribution in [-0.4, -0.2) is 16.8 Å². The summed E-state index contributed by atoms with van der Waals surface area (Å²) in [6.07, 6.45) is 0. The summed E-state index contributed by atoms with van der Waals surface area (Å²) in [5, 5.41) is 5.16. The second-order valence-electron chi connectivity index (χ2n) is 5.04. The van der Waals surface area contributed by atoms with E-state index < -0.39 is 26.1 Å². The molecule has 0 aliphatic carbocycles. The van der Waals surface area contributed by atoms with Crippen LogP contribution in [0.3, 0.4) is 0 Å². The quantitative estimate of drug-likeness (QED) is 0.726. The first-order valence-electron chi connectivity index (χ1n) is 6.61. The van der Waals surface area contributed by atoms with Crippen molar-refractivity contribution in [2.75, 3.05) is 0 Å². The molecule has 3 N–H and O–H groups in total. The van der Waals surface area contributed by atoms with Gasteiger partial charge in [-0.05, 0) is 42.8 Å². The third-order valence-corrected chi connectivity index (χ3v) is 6.63. The van der Waals surface area contributed by atoms with Gasteiger partial charge in [-0.15, -0.1) is 0 Å². The molecule has 2 aromatic carbocycles. The molecule has 0 aliphatic heterocycles. The van der Waals surface area contributed by atoms with Crippen LogP contribution in [0.2, 0.25) is 5.02 Å². The lowest BCUT2D eigenvalue weighted by molar-refractivity contribution is 0.567. The monoisotopic (exact) mass is 452 g/mol. The zero-order valence-corrected chi connectivity index (χ0v) is 16.4. The molecule has 10 heteroatoms. The molecule has 130 valence electrons. The SMILES string of the molecule is CC(NS(=O)(=O)c1ccc(Br)cc1Cl)c1cccc(S(N)(=O)=O)c1. The standard InChI is InChI=1S/C14H14BrClN2O4S2/c1-9(10-3-2-4-12(7-10)23(17,19)20)18-24(21,22)14-6-5-11(15)8-13(14)16/h2-9,18H,1H3,(H2,17,19,20). The normalized spacial score (nSPS) is 13.7. The molecule has 2 rings (SSSR count). The molecule has 0 saturated carbocycles. The molecule has 0 fully saturated rings. The highest BCUT2D eigenvalue weighted by Crippen LogP contribution is 2.27. The van der Waals surface area contributed by atoms with Crippen molar-refractivity contribution < 1.29 is 16.8 Å². The minimum absolute atomic E-state index is 0.0678. The fourth-order valence-corrected chi connectivity index (χ4v) is 4.86. The van der Waals surface area contributed by atoms with Crippen molar-refractivity contribution in [3.05, 3.63) is 57.5 Å². The summed E-state index contributed by atoms with van der Waals surface area (Å²) in [6.45, 7) is 1.59. The molecule has 0 radical (unpaired) electrons. The molecular weight excluding hydrogens is 440 g/mol. The van der Waals surface area contributed by atoms with Crippen LogP contribution in [-0.2, 0) is 20.0 Å². The predicted octanol–water partition coefficient (Wildman–Crippen LogP) is 2.79. The second kappa shape index (κ2) is 7.11. The van der Waals surface area contributed by atoms with E-state index in [-0.39, 0.29) is 14.8 Å². The summed E-state index contributed by atoms with van der Waals surface area (Å²) in [5.41, 5.74) is 0.457. The summed E-state index contributed by atoms with van der Waals surface area (Å²) < 4.78 is 50.9. The average molecular weight is 454 g/mol. The molecule has 0 aliphatic rings. The maximum absolute atomic E-state index is 12.5. The lowest BCUT2D eigenvalue weighted by atomic mass is 10.1. The number of halogens is 2. The Morgan fingerprint density at radius 3 is 2.38 bits per heavy atom. The highest BCUT2D eigenvalue weighted by molar-refractivity contribution is 9.10. The first-order chi connectivity index (χ1) is 11.0. The van der Waals surface area contributed by atoms with Gasteiger partial charge in [-0.2, -0.15) is 0 Å². The lowest BCUT2D eigenvalue weighted by Gasteiger charge is -2.16. The van der Waals surface area contributed by atoms with Crippen molar-refractivity contribution in [3.8, 4) is 0 Å². The number of benzene rings is 2. The number of hydrogen-bond donors (Lipinski definition) is 2. The number of rotatable bonds is 5. The summed E-state index contributed by atoms with van der Waals surface area (Å²) in [4.78, 5) is -0.158. The van der Waals surface area contributed by atoms with Crippen LogP contribution in [0.1, 0.15) is 18.5 Å². The van der Waals surface area contributed by atoms with Crippen molar-refractivity contribution >= 4 is 47.6 Å². The second-order valence-corrected chi connectivity index (χ2v) is 9.60. The summed E-state index contributed by atoms with van der Waals surface area (Å²) in [6, 6.07) is 9.49. The van der Waals surface area contributed by atoms with Crippen molar-refractivity contribution in [3.63, 3.8) is 0 Å². The Morgan fingerprint density at radius 1 is 1.12 bits per heavy atom. The van der Waals surface area contributed by atoms with Crippen LogP contribution in [0.4, 0.5) is 0 Å². The molecule has 1 unspecified atom stereocenters. The van der Waals surface area contributed by atoms with Gasteiger partial charge in [0.25, 0.3) is 0 Å². The van der Waals surface area contributed by atoms with Crippen molar-refractivity contribution in [2.45, 2.75) is 22.8 Å². The van der Waals surface area contributed by atoms with Gasteiger partial charge < -0.3 is 0 Å². The maximum Gasteiger partial charge on any atom is 0.242 e. The fourth-order valence-electron chi connectivity index (χ4n) is 2.02. The third-order valence-electron chi connectivity index (χ3n) is 3.20. The first kappa shape index (κ1) is 19.4. The Labute approximate surface area is 154 Å². The van der Waals surface area contributed by atoms with Crippen LogP contribution in [0.15, 0.2) is 56.7 Å². The zero-order valence-electron chi connectivity index (χ0n) is 12.4. The van der Waals surface area contributed by atoms with E-state index in [0.717, 1.165) is 0 Å². The number of hydrogen-bond acceptors (Lipinski definition) is 4. The van der Waals surface area contributed by atoms with Gasteiger partial charge in [0.1, 0.15) is 4.90 Å². The van der Waals surface area contributed by atoms with E-state index in [1.807, 2.05) is 0 Å². The number of nitrogens with two attached hydrogens (primary N) is 1.